The highest BCUT2D eigenvalue weighted by atomic mass is 35.5. The first-order chi connectivity index (χ1) is 8.01. The van der Waals surface area contributed by atoms with Gasteiger partial charge in [0.2, 0.25) is 0 Å². The lowest BCUT2D eigenvalue weighted by molar-refractivity contribution is 0.0516. The third-order valence-electron chi connectivity index (χ3n) is 1.92. The lowest BCUT2D eigenvalue weighted by atomic mass is 10.2. The molecule has 0 aliphatic heterocycles. The number of pyridine rings is 1. The predicted octanol–water partition coefficient (Wildman–Crippen LogP) is 3.07. The summed E-state index contributed by atoms with van der Waals surface area (Å²) < 4.78 is 42.8. The van der Waals surface area contributed by atoms with Gasteiger partial charge in [-0.15, -0.1) is 11.6 Å². The molecule has 17 heavy (non-hydrogen) atoms. The zero-order valence-corrected chi connectivity index (χ0v) is 9.60. The van der Waals surface area contributed by atoms with Gasteiger partial charge in [0.1, 0.15) is 11.5 Å². The topological polar surface area (TPSA) is 39.2 Å². The zero-order chi connectivity index (χ0) is 13.0. The largest absolute Gasteiger partial charge is 0.461 e. The van der Waals surface area contributed by atoms with Crippen LogP contribution in [-0.2, 0) is 10.6 Å². The monoisotopic (exact) mass is 267 g/mol. The second-order valence-corrected chi connectivity index (χ2v) is 3.28. The van der Waals surface area contributed by atoms with E-state index in [1.807, 2.05) is 0 Å². The summed E-state index contributed by atoms with van der Waals surface area (Å²) in [4.78, 5) is 14.8. The molecule has 0 spiro atoms. The molecule has 0 bridgehead atoms. The second kappa shape index (κ2) is 5.86. The molecule has 0 saturated carbocycles. The van der Waals surface area contributed by atoms with Crippen LogP contribution in [0.1, 0.15) is 35.1 Å². The van der Waals surface area contributed by atoms with Gasteiger partial charge in [0, 0.05) is 11.6 Å². The minimum atomic E-state index is -2.97. The molecule has 7 heteroatoms. The van der Waals surface area contributed by atoms with E-state index in [4.69, 9.17) is 11.6 Å². The summed E-state index contributed by atoms with van der Waals surface area (Å²) in [6, 6.07) is 0.561. The Bertz CT molecular complexity index is 426. The molecule has 1 aromatic heterocycles. The van der Waals surface area contributed by atoms with E-state index in [1.165, 1.54) is 6.92 Å². The van der Waals surface area contributed by atoms with Crippen molar-refractivity contribution in [3.8, 4) is 0 Å². The van der Waals surface area contributed by atoms with Gasteiger partial charge in [0.05, 0.1) is 12.5 Å². The number of aromatic nitrogens is 1. The molecule has 1 rings (SSSR count). The van der Waals surface area contributed by atoms with E-state index in [2.05, 4.69) is 9.72 Å². The number of esters is 1. The van der Waals surface area contributed by atoms with Gasteiger partial charge in [-0.25, -0.2) is 22.9 Å². The second-order valence-electron chi connectivity index (χ2n) is 3.01. The standard InChI is InChI=1S/C10H9ClF3NO2/c1-2-17-10(16)8-5(4-11)6(12)3-7(15-8)9(13)14/h3,9H,2,4H2,1H3. The molecular formula is C10H9ClF3NO2. The number of hydrogen-bond acceptors (Lipinski definition) is 3. The van der Waals surface area contributed by atoms with Gasteiger partial charge in [-0.1, -0.05) is 0 Å². The van der Waals surface area contributed by atoms with Crippen molar-refractivity contribution in [1.29, 1.82) is 0 Å². The first kappa shape index (κ1) is 13.8. The van der Waals surface area contributed by atoms with E-state index in [0.29, 0.717) is 6.07 Å². The van der Waals surface area contributed by atoms with Crippen molar-refractivity contribution in [1.82, 2.24) is 4.98 Å². The van der Waals surface area contributed by atoms with Gasteiger partial charge >= 0.3 is 5.97 Å². The van der Waals surface area contributed by atoms with Gasteiger partial charge in [0.25, 0.3) is 6.43 Å². The summed E-state index contributed by atoms with van der Waals surface area (Å²) in [5.74, 6) is -2.31. The number of alkyl halides is 3. The van der Waals surface area contributed by atoms with Gasteiger partial charge in [-0.05, 0) is 6.92 Å². The minimum Gasteiger partial charge on any atom is -0.461 e. The average Bonchev–Trinajstić information content (AvgIpc) is 2.28. The van der Waals surface area contributed by atoms with Crippen molar-refractivity contribution in [2.45, 2.75) is 19.2 Å². The van der Waals surface area contributed by atoms with Crippen LogP contribution < -0.4 is 0 Å². The van der Waals surface area contributed by atoms with Crippen LogP contribution in [0.25, 0.3) is 0 Å². The van der Waals surface area contributed by atoms with Crippen LogP contribution in [0, 0.1) is 5.82 Å². The number of carbonyl (C=O) groups is 1. The maximum Gasteiger partial charge on any atom is 0.357 e. The number of hydrogen-bond donors (Lipinski definition) is 0. The minimum absolute atomic E-state index is 0.0305. The Hall–Kier alpha value is -1.30. The first-order valence-corrected chi connectivity index (χ1v) is 5.25. The van der Waals surface area contributed by atoms with E-state index in [0.717, 1.165) is 0 Å². The van der Waals surface area contributed by atoms with Crippen molar-refractivity contribution in [2.24, 2.45) is 0 Å². The Morgan fingerprint density at radius 2 is 2.24 bits per heavy atom. The lowest BCUT2D eigenvalue weighted by Crippen LogP contribution is -2.13. The van der Waals surface area contributed by atoms with E-state index in [1.54, 1.807) is 0 Å². The third kappa shape index (κ3) is 3.09. The average molecular weight is 268 g/mol. The summed E-state index contributed by atoms with van der Waals surface area (Å²) in [6.45, 7) is 1.56. The molecule has 0 aromatic carbocycles. The fourth-order valence-corrected chi connectivity index (χ4v) is 1.42. The Kier molecular flexibility index (Phi) is 4.74. The molecular weight excluding hydrogens is 259 g/mol. The highest BCUT2D eigenvalue weighted by Gasteiger charge is 2.22. The van der Waals surface area contributed by atoms with Gasteiger partial charge < -0.3 is 4.74 Å². The van der Waals surface area contributed by atoms with E-state index in [9.17, 15) is 18.0 Å². The summed E-state index contributed by atoms with van der Waals surface area (Å²) in [7, 11) is 0. The Morgan fingerprint density at radius 3 is 2.71 bits per heavy atom. The van der Waals surface area contributed by atoms with Crippen molar-refractivity contribution >= 4 is 17.6 Å². The van der Waals surface area contributed by atoms with Crippen LogP contribution in [0.3, 0.4) is 0 Å². The van der Waals surface area contributed by atoms with Crippen molar-refractivity contribution in [3.05, 3.63) is 28.8 Å². The summed E-state index contributed by atoms with van der Waals surface area (Å²) in [6.07, 6.45) is -2.97. The molecule has 0 unspecified atom stereocenters. The summed E-state index contributed by atoms with van der Waals surface area (Å²) in [5.41, 5.74) is -1.56. The van der Waals surface area contributed by atoms with Crippen LogP contribution >= 0.6 is 11.6 Å². The molecule has 0 aliphatic rings. The number of nitrogens with zero attached hydrogens (tertiary/aromatic N) is 1. The molecule has 0 atom stereocenters. The van der Waals surface area contributed by atoms with Gasteiger partial charge in [-0.3, -0.25) is 0 Å². The fraction of sp³-hybridized carbons (Fsp3) is 0.400. The molecule has 0 amide bonds. The van der Waals surface area contributed by atoms with Gasteiger partial charge in [-0.2, -0.15) is 0 Å². The zero-order valence-electron chi connectivity index (χ0n) is 8.84. The van der Waals surface area contributed by atoms with Crippen molar-refractivity contribution in [2.75, 3.05) is 6.61 Å². The highest BCUT2D eigenvalue weighted by Crippen LogP contribution is 2.23. The van der Waals surface area contributed by atoms with Crippen molar-refractivity contribution < 1.29 is 22.7 Å². The number of ether oxygens (including phenoxy) is 1. The maximum atomic E-state index is 13.4. The molecule has 0 aliphatic carbocycles. The van der Waals surface area contributed by atoms with E-state index < -0.39 is 29.6 Å². The highest BCUT2D eigenvalue weighted by molar-refractivity contribution is 6.17. The SMILES string of the molecule is CCOC(=O)c1nc(C(F)F)cc(F)c1CCl. The molecule has 1 aromatic rings. The number of halogens is 4. The van der Waals surface area contributed by atoms with E-state index in [-0.39, 0.29) is 18.1 Å². The molecule has 94 valence electrons. The molecule has 0 radical (unpaired) electrons. The maximum absolute atomic E-state index is 13.4. The predicted molar refractivity (Wildman–Crippen MR) is 54.7 cm³/mol. The van der Waals surface area contributed by atoms with Crippen LogP contribution in [0.4, 0.5) is 13.2 Å². The lowest BCUT2D eigenvalue weighted by Gasteiger charge is -2.09. The summed E-state index contributed by atoms with van der Waals surface area (Å²) in [5, 5.41) is 0. The Labute approximate surface area is 101 Å². The smallest absolute Gasteiger partial charge is 0.357 e. The molecule has 0 saturated heterocycles. The molecule has 3 nitrogen and oxygen atoms in total. The van der Waals surface area contributed by atoms with Crippen LogP contribution in [0.5, 0.6) is 0 Å². The Balaban J connectivity index is 3.28. The summed E-state index contributed by atoms with van der Waals surface area (Å²) >= 11 is 5.44. The van der Waals surface area contributed by atoms with Crippen molar-refractivity contribution in [3.63, 3.8) is 0 Å². The third-order valence-corrected chi connectivity index (χ3v) is 2.18. The number of carbonyl (C=O) groups excluding carboxylic acids is 1. The normalized spacial score (nSPS) is 10.7. The van der Waals surface area contributed by atoms with E-state index >= 15 is 0 Å². The molecule has 1 heterocycles. The molecule has 0 fully saturated rings. The fourth-order valence-electron chi connectivity index (χ4n) is 1.17. The van der Waals surface area contributed by atoms with Gasteiger partial charge in [0.15, 0.2) is 5.69 Å². The molecule has 0 N–H and O–H groups in total. The van der Waals surface area contributed by atoms with Crippen LogP contribution in [-0.4, -0.2) is 17.6 Å². The Morgan fingerprint density at radius 1 is 1.59 bits per heavy atom. The number of rotatable bonds is 4. The quantitative estimate of drug-likeness (QED) is 0.622. The first-order valence-electron chi connectivity index (χ1n) is 4.71. The van der Waals surface area contributed by atoms with Crippen LogP contribution in [0.2, 0.25) is 0 Å². The van der Waals surface area contributed by atoms with Crippen LogP contribution in [0.15, 0.2) is 6.07 Å².